The Balaban J connectivity index is 1.87. The molecule has 0 saturated heterocycles. The molecule has 26 heavy (non-hydrogen) atoms. The molecule has 0 spiro atoms. The highest BCUT2D eigenvalue weighted by atomic mass is 35.5. The van der Waals surface area contributed by atoms with Crippen LogP contribution in [0.4, 0.5) is 5.69 Å². The van der Waals surface area contributed by atoms with E-state index in [0.717, 1.165) is 5.56 Å². The number of hydrogen-bond acceptors (Lipinski definition) is 5. The van der Waals surface area contributed by atoms with Crippen LogP contribution in [0.1, 0.15) is 15.9 Å². The van der Waals surface area contributed by atoms with E-state index in [2.05, 4.69) is 10.1 Å². The number of esters is 1. The van der Waals surface area contributed by atoms with Crippen molar-refractivity contribution < 1.29 is 18.7 Å². The first-order valence-corrected chi connectivity index (χ1v) is 8.04. The summed E-state index contributed by atoms with van der Waals surface area (Å²) in [5.41, 5.74) is 2.26. The Morgan fingerprint density at radius 1 is 1.23 bits per heavy atom. The molecule has 1 amide bonds. The van der Waals surface area contributed by atoms with Gasteiger partial charge in [0.2, 0.25) is 5.91 Å². The normalized spacial score (nSPS) is 10.7. The van der Waals surface area contributed by atoms with Gasteiger partial charge in [-0.1, -0.05) is 17.7 Å². The van der Waals surface area contributed by atoms with Crippen molar-refractivity contribution in [3.8, 4) is 0 Å². The first-order chi connectivity index (χ1) is 12.4. The van der Waals surface area contributed by atoms with Gasteiger partial charge in [0.1, 0.15) is 6.54 Å². The van der Waals surface area contributed by atoms with Crippen molar-refractivity contribution in [1.29, 1.82) is 0 Å². The van der Waals surface area contributed by atoms with Crippen LogP contribution in [0.5, 0.6) is 0 Å². The lowest BCUT2D eigenvalue weighted by molar-refractivity contribution is -0.116. The van der Waals surface area contributed by atoms with Crippen molar-refractivity contribution in [2.75, 3.05) is 12.4 Å². The van der Waals surface area contributed by atoms with Gasteiger partial charge in [0.05, 0.1) is 18.2 Å². The van der Waals surface area contributed by atoms with Crippen LogP contribution in [-0.4, -0.2) is 23.6 Å². The number of ether oxygens (including phenoxy) is 1. The van der Waals surface area contributed by atoms with Crippen LogP contribution in [0.2, 0.25) is 5.02 Å². The van der Waals surface area contributed by atoms with E-state index in [4.69, 9.17) is 16.0 Å². The van der Waals surface area contributed by atoms with Gasteiger partial charge in [-0.3, -0.25) is 9.36 Å². The van der Waals surface area contributed by atoms with E-state index in [1.165, 1.54) is 29.9 Å². The highest BCUT2D eigenvalue weighted by Gasteiger charge is 2.16. The van der Waals surface area contributed by atoms with Gasteiger partial charge >= 0.3 is 11.7 Å². The van der Waals surface area contributed by atoms with Crippen molar-refractivity contribution in [2.45, 2.75) is 13.5 Å². The minimum atomic E-state index is -0.694. The predicted molar refractivity (Wildman–Crippen MR) is 96.6 cm³/mol. The lowest BCUT2D eigenvalue weighted by Crippen LogP contribution is -2.25. The molecule has 0 aliphatic heterocycles. The van der Waals surface area contributed by atoms with Crippen molar-refractivity contribution >= 4 is 40.3 Å². The van der Waals surface area contributed by atoms with Gasteiger partial charge in [0, 0.05) is 10.7 Å². The Kier molecular flexibility index (Phi) is 4.81. The van der Waals surface area contributed by atoms with Crippen LogP contribution >= 0.6 is 11.6 Å². The van der Waals surface area contributed by atoms with Gasteiger partial charge in [-0.25, -0.2) is 9.59 Å². The first kappa shape index (κ1) is 17.8. The maximum Gasteiger partial charge on any atom is 0.420 e. The maximum atomic E-state index is 12.3. The van der Waals surface area contributed by atoms with Crippen LogP contribution in [0, 0.1) is 6.92 Å². The van der Waals surface area contributed by atoms with Crippen LogP contribution in [-0.2, 0) is 16.1 Å². The molecule has 1 aromatic heterocycles. The molecule has 3 rings (SSSR count). The minimum Gasteiger partial charge on any atom is -0.465 e. The van der Waals surface area contributed by atoms with Crippen molar-refractivity contribution in [3.63, 3.8) is 0 Å². The summed E-state index contributed by atoms with van der Waals surface area (Å²) in [5, 5.41) is 3.21. The van der Waals surface area contributed by atoms with Crippen LogP contribution < -0.4 is 11.1 Å². The molecule has 134 valence electrons. The quantitative estimate of drug-likeness (QED) is 0.709. The number of aromatic nitrogens is 1. The number of benzene rings is 2. The molecular formula is C18H15ClN2O5. The van der Waals surface area contributed by atoms with Gasteiger partial charge in [0.25, 0.3) is 0 Å². The fraction of sp³-hybridized carbons (Fsp3) is 0.167. The van der Waals surface area contributed by atoms with Gasteiger partial charge in [0.15, 0.2) is 5.58 Å². The summed E-state index contributed by atoms with van der Waals surface area (Å²) in [6.07, 6.45) is 0. The summed E-state index contributed by atoms with van der Waals surface area (Å²) in [5.74, 6) is -1.64. The average molecular weight is 375 g/mol. The highest BCUT2D eigenvalue weighted by molar-refractivity contribution is 6.31. The molecule has 8 heteroatoms. The number of hydrogen-bond donors (Lipinski definition) is 1. The lowest BCUT2D eigenvalue weighted by atomic mass is 10.2. The SMILES string of the molecule is COC(=O)c1ccc2c(c1)oc(=O)n2CC(=O)Nc1cc(Cl)ccc1C. The van der Waals surface area contributed by atoms with Crippen LogP contribution in [0.3, 0.4) is 0 Å². The number of rotatable bonds is 4. The lowest BCUT2D eigenvalue weighted by Gasteiger charge is -2.09. The number of carbonyl (C=O) groups is 2. The number of halogens is 1. The van der Waals surface area contributed by atoms with Gasteiger partial charge in [-0.15, -0.1) is 0 Å². The van der Waals surface area contributed by atoms with E-state index >= 15 is 0 Å². The Morgan fingerprint density at radius 3 is 2.73 bits per heavy atom. The zero-order chi connectivity index (χ0) is 18.8. The first-order valence-electron chi connectivity index (χ1n) is 7.67. The summed E-state index contributed by atoms with van der Waals surface area (Å²) in [7, 11) is 1.26. The maximum absolute atomic E-state index is 12.3. The van der Waals surface area contributed by atoms with Gasteiger partial charge in [-0.2, -0.15) is 0 Å². The molecule has 7 nitrogen and oxygen atoms in total. The second kappa shape index (κ2) is 7.05. The number of anilines is 1. The standard InChI is InChI=1S/C18H15ClN2O5/c1-10-3-5-12(19)8-13(10)20-16(22)9-21-14-6-4-11(17(23)25-2)7-15(14)26-18(21)24/h3-8H,9H2,1-2H3,(H,20,22). The van der Waals surface area contributed by atoms with Crippen molar-refractivity contribution in [1.82, 2.24) is 4.57 Å². The fourth-order valence-corrected chi connectivity index (χ4v) is 2.70. The number of methoxy groups -OCH3 is 1. The molecule has 3 aromatic rings. The molecule has 2 aromatic carbocycles. The second-order valence-corrected chi connectivity index (χ2v) is 6.07. The van der Waals surface area contributed by atoms with E-state index in [9.17, 15) is 14.4 Å². The zero-order valence-corrected chi connectivity index (χ0v) is 14.8. The Bertz CT molecular complexity index is 1070. The summed E-state index contributed by atoms with van der Waals surface area (Å²) in [4.78, 5) is 36.0. The zero-order valence-electron chi connectivity index (χ0n) is 14.0. The van der Waals surface area contributed by atoms with E-state index < -0.39 is 17.6 Å². The Morgan fingerprint density at radius 2 is 2.00 bits per heavy atom. The second-order valence-electron chi connectivity index (χ2n) is 5.64. The molecule has 0 aliphatic rings. The van der Waals surface area contributed by atoms with Gasteiger partial charge < -0.3 is 14.5 Å². The number of amides is 1. The third kappa shape index (κ3) is 3.48. The molecule has 0 radical (unpaired) electrons. The van der Waals surface area contributed by atoms with Crippen molar-refractivity contribution in [3.05, 3.63) is 63.1 Å². The topological polar surface area (TPSA) is 90.5 Å². The van der Waals surface area contributed by atoms with E-state index in [1.807, 2.05) is 6.92 Å². The summed E-state index contributed by atoms with van der Waals surface area (Å²) >= 11 is 5.94. The average Bonchev–Trinajstić information content (AvgIpc) is 2.92. The summed E-state index contributed by atoms with van der Waals surface area (Å²) in [6.45, 7) is 1.59. The molecule has 0 unspecified atom stereocenters. The molecule has 0 bridgehead atoms. The molecule has 0 fully saturated rings. The number of nitrogens with zero attached hydrogens (tertiary/aromatic N) is 1. The Labute approximate surface area is 153 Å². The Hall–Kier alpha value is -3.06. The third-order valence-corrected chi connectivity index (χ3v) is 4.10. The number of fused-ring (bicyclic) bond motifs is 1. The minimum absolute atomic E-state index is 0.199. The number of aryl methyl sites for hydroxylation is 1. The highest BCUT2D eigenvalue weighted by Crippen LogP contribution is 2.20. The monoisotopic (exact) mass is 374 g/mol. The largest absolute Gasteiger partial charge is 0.465 e. The van der Waals surface area contributed by atoms with Crippen molar-refractivity contribution in [2.24, 2.45) is 0 Å². The van der Waals surface area contributed by atoms with E-state index in [0.29, 0.717) is 16.2 Å². The molecular weight excluding hydrogens is 360 g/mol. The van der Waals surface area contributed by atoms with Crippen LogP contribution in [0.25, 0.3) is 11.1 Å². The molecule has 0 saturated carbocycles. The molecule has 1 heterocycles. The number of nitrogens with one attached hydrogen (secondary N) is 1. The van der Waals surface area contributed by atoms with Crippen LogP contribution in [0.15, 0.2) is 45.6 Å². The van der Waals surface area contributed by atoms with Gasteiger partial charge in [-0.05, 0) is 42.8 Å². The number of oxazole rings is 1. The molecule has 0 aliphatic carbocycles. The van der Waals surface area contributed by atoms with E-state index in [-0.39, 0.29) is 17.7 Å². The van der Waals surface area contributed by atoms with E-state index in [1.54, 1.807) is 18.2 Å². The third-order valence-electron chi connectivity index (χ3n) is 3.86. The number of carbonyl (C=O) groups excluding carboxylic acids is 2. The summed E-state index contributed by atoms with van der Waals surface area (Å²) < 4.78 is 10.9. The predicted octanol–water partition coefficient (Wildman–Crippen LogP) is 2.98. The fourth-order valence-electron chi connectivity index (χ4n) is 2.52. The smallest absolute Gasteiger partial charge is 0.420 e. The summed E-state index contributed by atoms with van der Waals surface area (Å²) in [6, 6.07) is 9.57. The molecule has 1 N–H and O–H groups in total. The molecule has 0 atom stereocenters.